The van der Waals surface area contributed by atoms with E-state index in [4.69, 9.17) is 4.98 Å². The molecular weight excluding hydrogens is 340 g/mol. The van der Waals surface area contributed by atoms with Gasteiger partial charge in [-0.15, -0.1) is 0 Å². The Labute approximate surface area is 159 Å². The Hall–Kier alpha value is -2.41. The second-order valence-corrected chi connectivity index (χ2v) is 7.76. The third-order valence-electron chi connectivity index (χ3n) is 5.38. The van der Waals surface area contributed by atoms with Gasteiger partial charge in [0.2, 0.25) is 5.91 Å². The minimum absolute atomic E-state index is 0.0509. The van der Waals surface area contributed by atoms with Crippen molar-refractivity contribution in [3.63, 3.8) is 0 Å². The molecule has 0 saturated heterocycles. The molecule has 0 bridgehead atoms. The Balaban J connectivity index is 1.65. The van der Waals surface area contributed by atoms with Crippen LogP contribution < -0.4 is 5.32 Å². The van der Waals surface area contributed by atoms with E-state index in [0.717, 1.165) is 28.8 Å². The van der Waals surface area contributed by atoms with E-state index in [1.165, 1.54) is 37.6 Å². The highest BCUT2D eigenvalue weighted by Crippen LogP contribution is 2.34. The van der Waals surface area contributed by atoms with Gasteiger partial charge in [0.1, 0.15) is 17.0 Å². The maximum Gasteiger partial charge on any atom is 0.234 e. The number of hydrogen-bond donors (Lipinski definition) is 2. The van der Waals surface area contributed by atoms with Crippen LogP contribution >= 0.6 is 0 Å². The second kappa shape index (κ2) is 7.68. The first-order valence-corrected chi connectivity index (χ1v) is 9.88. The summed E-state index contributed by atoms with van der Waals surface area (Å²) in [5, 5.41) is 4.15. The van der Waals surface area contributed by atoms with Crippen molar-refractivity contribution in [2.45, 2.75) is 44.6 Å². The number of rotatable bonds is 6. The van der Waals surface area contributed by atoms with Gasteiger partial charge in [0.05, 0.1) is 18.3 Å². The molecule has 3 aromatic heterocycles. The first-order chi connectivity index (χ1) is 13.1. The number of nitrogens with zero attached hydrogens (tertiary/aromatic N) is 4. The van der Waals surface area contributed by atoms with Gasteiger partial charge >= 0.3 is 0 Å². The first kappa shape index (κ1) is 18.0. The zero-order valence-corrected chi connectivity index (χ0v) is 16.2. The monoisotopic (exact) mass is 368 g/mol. The molecule has 1 aliphatic rings. The molecule has 2 N–H and O–H groups in total. The molecule has 1 aliphatic carbocycles. The summed E-state index contributed by atoms with van der Waals surface area (Å²) in [6.07, 6.45) is 10.8. The number of hydrogen-bond acceptors (Lipinski definition) is 4. The second-order valence-electron chi connectivity index (χ2n) is 7.76. The van der Waals surface area contributed by atoms with Crippen molar-refractivity contribution < 1.29 is 4.79 Å². The van der Waals surface area contributed by atoms with Gasteiger partial charge in [-0.2, -0.15) is 0 Å². The minimum Gasteiger partial charge on any atom is -0.355 e. The molecule has 1 fully saturated rings. The normalized spacial score (nSPS) is 15.8. The van der Waals surface area contributed by atoms with Crippen LogP contribution in [0.2, 0.25) is 0 Å². The molecule has 1 amide bonds. The van der Waals surface area contributed by atoms with E-state index in [2.05, 4.69) is 25.9 Å². The Kier molecular flexibility index (Phi) is 5.11. The van der Waals surface area contributed by atoms with E-state index < -0.39 is 0 Å². The van der Waals surface area contributed by atoms with E-state index in [9.17, 15) is 4.79 Å². The summed E-state index contributed by atoms with van der Waals surface area (Å²) in [6, 6.07) is 2.57. The number of H-pyrrole nitrogens is 1. The van der Waals surface area contributed by atoms with Gasteiger partial charge in [-0.1, -0.05) is 19.3 Å². The van der Waals surface area contributed by atoms with Crippen LogP contribution in [-0.4, -0.2) is 57.5 Å². The summed E-state index contributed by atoms with van der Waals surface area (Å²) < 4.78 is 2.43. The van der Waals surface area contributed by atoms with Crippen LogP contribution in [0.15, 0.2) is 18.5 Å². The number of amides is 1. The molecule has 1 saturated carbocycles. The molecule has 4 rings (SSSR count). The van der Waals surface area contributed by atoms with E-state index in [0.29, 0.717) is 19.1 Å². The lowest BCUT2D eigenvalue weighted by atomic mass is 9.95. The number of imidazole rings is 1. The number of likely N-dealkylation sites (N-methyl/N-ethyl adjacent to an activating group) is 1. The Morgan fingerprint density at radius 2 is 2.15 bits per heavy atom. The van der Waals surface area contributed by atoms with Gasteiger partial charge in [0.25, 0.3) is 0 Å². The molecule has 0 aliphatic heterocycles. The van der Waals surface area contributed by atoms with Crippen LogP contribution in [0.3, 0.4) is 0 Å². The molecule has 0 radical (unpaired) electrons. The van der Waals surface area contributed by atoms with E-state index >= 15 is 0 Å². The van der Waals surface area contributed by atoms with Gasteiger partial charge < -0.3 is 19.8 Å². The summed E-state index contributed by atoms with van der Waals surface area (Å²) in [4.78, 5) is 26.4. The average Bonchev–Trinajstić information content (AvgIpc) is 3.25. The smallest absolute Gasteiger partial charge is 0.234 e. The SMILES string of the molecule is CN(C)CC(=O)NCCc1nc2cnc3[nH]ccc3c2n1C1CCCCC1. The fourth-order valence-corrected chi connectivity index (χ4v) is 4.21. The van der Waals surface area contributed by atoms with Crippen molar-refractivity contribution in [1.29, 1.82) is 0 Å². The lowest BCUT2D eigenvalue weighted by Gasteiger charge is -2.26. The number of carbonyl (C=O) groups is 1. The van der Waals surface area contributed by atoms with Crippen molar-refractivity contribution >= 4 is 28.0 Å². The predicted octanol–water partition coefficient (Wildman–Crippen LogP) is 2.64. The number of aromatic amines is 1. The van der Waals surface area contributed by atoms with Gasteiger partial charge in [-0.25, -0.2) is 9.97 Å². The van der Waals surface area contributed by atoms with Crippen molar-refractivity contribution in [3.05, 3.63) is 24.3 Å². The Morgan fingerprint density at radius 1 is 1.33 bits per heavy atom. The minimum atomic E-state index is 0.0509. The highest BCUT2D eigenvalue weighted by molar-refractivity contribution is 6.01. The largest absolute Gasteiger partial charge is 0.355 e. The summed E-state index contributed by atoms with van der Waals surface area (Å²) in [5.41, 5.74) is 3.04. The molecule has 7 nitrogen and oxygen atoms in total. The number of carbonyl (C=O) groups excluding carboxylic acids is 1. The molecule has 0 spiro atoms. The molecule has 7 heteroatoms. The van der Waals surface area contributed by atoms with Gasteiger partial charge in [-0.3, -0.25) is 4.79 Å². The number of pyridine rings is 1. The van der Waals surface area contributed by atoms with Crippen LogP contribution in [0.1, 0.15) is 44.0 Å². The van der Waals surface area contributed by atoms with Gasteiger partial charge in [0, 0.05) is 30.6 Å². The van der Waals surface area contributed by atoms with Crippen LogP contribution in [0.4, 0.5) is 0 Å². The van der Waals surface area contributed by atoms with Crippen molar-refractivity contribution in [1.82, 2.24) is 29.7 Å². The standard InChI is InChI=1S/C20H28N6O/c1-25(2)13-18(27)21-11-9-17-24-16-12-23-20-15(8-10-22-20)19(16)26(17)14-6-4-3-5-7-14/h8,10,12,14H,3-7,9,11,13H2,1-2H3,(H,21,27)(H,22,23). The Morgan fingerprint density at radius 3 is 2.93 bits per heavy atom. The van der Waals surface area contributed by atoms with Crippen molar-refractivity contribution in [2.24, 2.45) is 0 Å². The fourth-order valence-electron chi connectivity index (χ4n) is 4.21. The molecule has 27 heavy (non-hydrogen) atoms. The topological polar surface area (TPSA) is 78.8 Å². The zero-order valence-electron chi connectivity index (χ0n) is 16.2. The average molecular weight is 368 g/mol. The zero-order chi connectivity index (χ0) is 18.8. The highest BCUT2D eigenvalue weighted by Gasteiger charge is 2.23. The molecule has 3 aromatic rings. The number of aromatic nitrogens is 4. The third kappa shape index (κ3) is 3.69. The summed E-state index contributed by atoms with van der Waals surface area (Å²) in [5.74, 6) is 1.10. The summed E-state index contributed by atoms with van der Waals surface area (Å²) >= 11 is 0. The van der Waals surface area contributed by atoms with Gasteiger partial charge in [0.15, 0.2) is 0 Å². The van der Waals surface area contributed by atoms with E-state index in [-0.39, 0.29) is 5.91 Å². The Bertz CT molecular complexity index is 935. The van der Waals surface area contributed by atoms with Crippen LogP contribution in [0.5, 0.6) is 0 Å². The third-order valence-corrected chi connectivity index (χ3v) is 5.38. The maximum absolute atomic E-state index is 11.9. The lowest BCUT2D eigenvalue weighted by molar-refractivity contribution is -0.121. The summed E-state index contributed by atoms with van der Waals surface area (Å²) in [7, 11) is 3.80. The molecule has 3 heterocycles. The van der Waals surface area contributed by atoms with Gasteiger partial charge in [-0.05, 0) is 33.0 Å². The number of fused-ring (bicyclic) bond motifs is 3. The molecule has 144 valence electrons. The van der Waals surface area contributed by atoms with E-state index in [1.807, 2.05) is 31.4 Å². The predicted molar refractivity (Wildman–Crippen MR) is 107 cm³/mol. The quantitative estimate of drug-likeness (QED) is 0.701. The lowest BCUT2D eigenvalue weighted by Crippen LogP contribution is -2.34. The van der Waals surface area contributed by atoms with Crippen molar-refractivity contribution in [3.8, 4) is 0 Å². The van der Waals surface area contributed by atoms with Crippen LogP contribution in [-0.2, 0) is 11.2 Å². The highest BCUT2D eigenvalue weighted by atomic mass is 16.1. The molecule has 0 unspecified atom stereocenters. The fraction of sp³-hybridized carbons (Fsp3) is 0.550. The van der Waals surface area contributed by atoms with Crippen molar-refractivity contribution in [2.75, 3.05) is 27.2 Å². The summed E-state index contributed by atoms with van der Waals surface area (Å²) in [6.45, 7) is 1.01. The van der Waals surface area contributed by atoms with Crippen LogP contribution in [0.25, 0.3) is 22.1 Å². The molecule has 0 aromatic carbocycles. The molecular formula is C20H28N6O. The maximum atomic E-state index is 11.9. The van der Waals surface area contributed by atoms with Crippen LogP contribution in [0, 0.1) is 0 Å². The van der Waals surface area contributed by atoms with E-state index in [1.54, 1.807) is 0 Å². The number of nitrogens with one attached hydrogen (secondary N) is 2. The first-order valence-electron chi connectivity index (χ1n) is 9.88. The molecule has 0 atom stereocenters.